The molecule has 0 aliphatic heterocycles. The van der Waals surface area contributed by atoms with Crippen LogP contribution in [0.1, 0.15) is 66.2 Å². The fourth-order valence-electron chi connectivity index (χ4n) is 2.28. The van der Waals surface area contributed by atoms with Gasteiger partial charge in [-0.1, -0.05) is 46.5 Å². The fourth-order valence-corrected chi connectivity index (χ4v) is 2.28. The number of hydrogen-bond donors (Lipinski definition) is 1. The molecule has 0 aliphatic rings. The van der Waals surface area contributed by atoms with Gasteiger partial charge in [-0.3, -0.25) is 0 Å². The van der Waals surface area contributed by atoms with E-state index in [1.807, 2.05) is 6.92 Å². The van der Waals surface area contributed by atoms with Gasteiger partial charge in [0.05, 0.1) is 6.10 Å². The second kappa shape index (κ2) is 10.1. The number of hydrogen-bond acceptors (Lipinski definition) is 2. The van der Waals surface area contributed by atoms with E-state index >= 15 is 0 Å². The van der Waals surface area contributed by atoms with Crippen LogP contribution in [0.15, 0.2) is 0 Å². The number of unbranched alkanes of at least 4 members (excludes halogenated alkanes) is 1. The third-order valence-corrected chi connectivity index (χ3v) is 3.41. The first-order valence-corrected chi connectivity index (χ1v) is 7.06. The van der Waals surface area contributed by atoms with Crippen LogP contribution in [0, 0.1) is 5.92 Å². The van der Waals surface area contributed by atoms with Gasteiger partial charge in [0.1, 0.15) is 0 Å². The molecule has 2 heteroatoms. The first-order valence-electron chi connectivity index (χ1n) is 7.06. The van der Waals surface area contributed by atoms with E-state index in [2.05, 4.69) is 20.8 Å². The standard InChI is InChI=1S/C14H31NO/c1-5-9-10-12(6-2)11-13(15)14(7-3)16-8-4/h12-14H,5-11,15H2,1-4H3. The Morgan fingerprint density at radius 3 is 2.19 bits per heavy atom. The van der Waals surface area contributed by atoms with E-state index in [9.17, 15) is 0 Å². The van der Waals surface area contributed by atoms with Crippen molar-refractivity contribution in [3.63, 3.8) is 0 Å². The summed E-state index contributed by atoms with van der Waals surface area (Å²) in [5.74, 6) is 0.782. The molecule has 0 bridgehead atoms. The van der Waals surface area contributed by atoms with Crippen molar-refractivity contribution in [3.8, 4) is 0 Å². The third kappa shape index (κ3) is 6.49. The van der Waals surface area contributed by atoms with E-state index in [1.165, 1.54) is 25.7 Å². The number of nitrogens with two attached hydrogens (primary N) is 1. The maximum atomic E-state index is 6.24. The molecule has 0 heterocycles. The van der Waals surface area contributed by atoms with Crippen molar-refractivity contribution >= 4 is 0 Å². The highest BCUT2D eigenvalue weighted by Crippen LogP contribution is 2.20. The molecule has 0 aromatic carbocycles. The molecular weight excluding hydrogens is 198 g/mol. The monoisotopic (exact) mass is 229 g/mol. The van der Waals surface area contributed by atoms with Crippen molar-refractivity contribution in [2.45, 2.75) is 78.4 Å². The topological polar surface area (TPSA) is 35.2 Å². The molecule has 3 unspecified atom stereocenters. The average Bonchev–Trinajstić information content (AvgIpc) is 2.30. The number of rotatable bonds is 10. The summed E-state index contributed by atoms with van der Waals surface area (Å²) >= 11 is 0. The zero-order chi connectivity index (χ0) is 12.4. The molecule has 2 N–H and O–H groups in total. The minimum atomic E-state index is 0.215. The van der Waals surface area contributed by atoms with Crippen LogP contribution in [0.5, 0.6) is 0 Å². The molecule has 0 saturated carbocycles. The van der Waals surface area contributed by atoms with E-state index in [0.717, 1.165) is 25.4 Å². The molecular formula is C14H31NO. The zero-order valence-corrected chi connectivity index (χ0v) is 11.7. The lowest BCUT2D eigenvalue weighted by Gasteiger charge is -2.26. The van der Waals surface area contributed by atoms with Gasteiger partial charge in [0.2, 0.25) is 0 Å². The van der Waals surface area contributed by atoms with Gasteiger partial charge in [0.25, 0.3) is 0 Å². The quantitative estimate of drug-likeness (QED) is 0.619. The maximum Gasteiger partial charge on any atom is 0.0723 e. The Bertz CT molecular complexity index is 150. The van der Waals surface area contributed by atoms with Crippen LogP contribution < -0.4 is 5.73 Å². The molecule has 0 saturated heterocycles. The van der Waals surface area contributed by atoms with Gasteiger partial charge in [-0.05, 0) is 25.7 Å². The fraction of sp³-hybridized carbons (Fsp3) is 1.00. The molecule has 16 heavy (non-hydrogen) atoms. The van der Waals surface area contributed by atoms with E-state index in [1.54, 1.807) is 0 Å². The van der Waals surface area contributed by atoms with Crippen LogP contribution in [0.25, 0.3) is 0 Å². The van der Waals surface area contributed by atoms with Gasteiger partial charge >= 0.3 is 0 Å². The summed E-state index contributed by atoms with van der Waals surface area (Å²) in [5.41, 5.74) is 6.24. The van der Waals surface area contributed by atoms with Crippen LogP contribution in [0.3, 0.4) is 0 Å². The van der Waals surface area contributed by atoms with Crippen molar-refractivity contribution in [2.24, 2.45) is 11.7 Å². The van der Waals surface area contributed by atoms with Crippen LogP contribution >= 0.6 is 0 Å². The Labute approximate surface area is 102 Å². The Morgan fingerprint density at radius 2 is 1.75 bits per heavy atom. The van der Waals surface area contributed by atoms with Crippen molar-refractivity contribution in [2.75, 3.05) is 6.61 Å². The Hall–Kier alpha value is -0.0800. The molecule has 0 radical (unpaired) electrons. The summed E-state index contributed by atoms with van der Waals surface area (Å²) in [5, 5.41) is 0. The summed E-state index contributed by atoms with van der Waals surface area (Å²) in [6.45, 7) is 9.51. The highest BCUT2D eigenvalue weighted by Gasteiger charge is 2.19. The smallest absolute Gasteiger partial charge is 0.0723 e. The highest BCUT2D eigenvalue weighted by molar-refractivity contribution is 4.75. The van der Waals surface area contributed by atoms with Crippen LogP contribution in [0.4, 0.5) is 0 Å². The summed E-state index contributed by atoms with van der Waals surface area (Å²) in [6, 6.07) is 0.215. The van der Waals surface area contributed by atoms with Gasteiger partial charge in [-0.25, -0.2) is 0 Å². The lowest BCUT2D eigenvalue weighted by atomic mass is 9.90. The van der Waals surface area contributed by atoms with Gasteiger partial charge in [0, 0.05) is 12.6 Å². The van der Waals surface area contributed by atoms with Gasteiger partial charge in [0.15, 0.2) is 0 Å². The first kappa shape index (κ1) is 15.9. The van der Waals surface area contributed by atoms with Crippen LogP contribution in [-0.4, -0.2) is 18.8 Å². The Morgan fingerprint density at radius 1 is 1.06 bits per heavy atom. The Balaban J connectivity index is 3.99. The van der Waals surface area contributed by atoms with Crippen molar-refractivity contribution in [3.05, 3.63) is 0 Å². The minimum absolute atomic E-state index is 0.215. The molecule has 98 valence electrons. The van der Waals surface area contributed by atoms with E-state index in [-0.39, 0.29) is 12.1 Å². The normalized spacial score (nSPS) is 17.1. The molecule has 0 rings (SSSR count). The predicted molar refractivity (Wildman–Crippen MR) is 71.6 cm³/mol. The molecule has 2 nitrogen and oxygen atoms in total. The third-order valence-electron chi connectivity index (χ3n) is 3.41. The summed E-state index contributed by atoms with van der Waals surface area (Å²) < 4.78 is 5.68. The summed E-state index contributed by atoms with van der Waals surface area (Å²) in [4.78, 5) is 0. The largest absolute Gasteiger partial charge is 0.377 e. The Kier molecular flexibility index (Phi) is 10.0. The van der Waals surface area contributed by atoms with Gasteiger partial charge in [-0.2, -0.15) is 0 Å². The number of ether oxygens (including phenoxy) is 1. The minimum Gasteiger partial charge on any atom is -0.377 e. The first-order chi connectivity index (χ1) is 7.69. The summed E-state index contributed by atoms with van der Waals surface area (Å²) in [6.07, 6.45) is 7.58. The van der Waals surface area contributed by atoms with E-state index in [0.29, 0.717) is 0 Å². The molecule has 3 atom stereocenters. The van der Waals surface area contributed by atoms with Gasteiger partial charge in [-0.15, -0.1) is 0 Å². The second-order valence-electron chi connectivity index (χ2n) is 4.72. The second-order valence-corrected chi connectivity index (χ2v) is 4.72. The van der Waals surface area contributed by atoms with Crippen LogP contribution in [-0.2, 0) is 4.74 Å². The average molecular weight is 229 g/mol. The molecule has 0 aliphatic carbocycles. The maximum absolute atomic E-state index is 6.24. The molecule has 0 aromatic heterocycles. The van der Waals surface area contributed by atoms with E-state index < -0.39 is 0 Å². The summed E-state index contributed by atoms with van der Waals surface area (Å²) in [7, 11) is 0. The van der Waals surface area contributed by atoms with Crippen molar-refractivity contribution in [1.29, 1.82) is 0 Å². The van der Waals surface area contributed by atoms with Crippen molar-refractivity contribution in [1.82, 2.24) is 0 Å². The predicted octanol–water partition coefficient (Wildman–Crippen LogP) is 3.74. The molecule has 0 amide bonds. The highest BCUT2D eigenvalue weighted by atomic mass is 16.5. The lowest BCUT2D eigenvalue weighted by molar-refractivity contribution is 0.0351. The SMILES string of the molecule is CCCCC(CC)CC(N)C(CC)OCC. The van der Waals surface area contributed by atoms with Crippen LogP contribution in [0.2, 0.25) is 0 Å². The van der Waals surface area contributed by atoms with E-state index in [4.69, 9.17) is 10.5 Å². The molecule has 0 aromatic rings. The zero-order valence-electron chi connectivity index (χ0n) is 11.7. The van der Waals surface area contributed by atoms with Crippen molar-refractivity contribution < 1.29 is 4.74 Å². The molecule has 0 fully saturated rings. The van der Waals surface area contributed by atoms with Gasteiger partial charge < -0.3 is 10.5 Å². The molecule has 0 spiro atoms. The lowest BCUT2D eigenvalue weighted by Crippen LogP contribution is -2.38.